The summed E-state index contributed by atoms with van der Waals surface area (Å²) in [6.07, 6.45) is 2.08. The molecule has 0 aliphatic carbocycles. The van der Waals surface area contributed by atoms with Gasteiger partial charge in [0.05, 0.1) is 11.4 Å². The zero-order valence-corrected chi connectivity index (χ0v) is 22.4. The van der Waals surface area contributed by atoms with Gasteiger partial charge in [-0.2, -0.15) is 5.10 Å². The Morgan fingerprint density at radius 1 is 0.947 bits per heavy atom. The highest BCUT2D eigenvalue weighted by atomic mass is 32.2. The summed E-state index contributed by atoms with van der Waals surface area (Å²) in [4.78, 5) is 13.1. The first kappa shape index (κ1) is 25.5. The number of aromatic nitrogens is 2. The van der Waals surface area contributed by atoms with Crippen LogP contribution in [0.3, 0.4) is 0 Å². The van der Waals surface area contributed by atoms with Crippen molar-refractivity contribution in [3.63, 3.8) is 0 Å². The molecule has 0 saturated carbocycles. The van der Waals surface area contributed by atoms with Crippen LogP contribution in [0.5, 0.6) is 0 Å². The largest absolute Gasteiger partial charge is 0.456 e. The molecule has 8 heteroatoms. The number of nitrogens with zero attached hydrogens (tertiary/aromatic N) is 2. The van der Waals surface area contributed by atoms with Gasteiger partial charge in [-0.3, -0.25) is 9.48 Å². The van der Waals surface area contributed by atoms with Gasteiger partial charge in [-0.05, 0) is 48.7 Å². The fourth-order valence-electron chi connectivity index (χ4n) is 4.56. The zero-order chi connectivity index (χ0) is 26.9. The fraction of sp³-hybridized carbons (Fsp3) is 0.200. The van der Waals surface area contributed by atoms with E-state index in [1.165, 1.54) is 11.8 Å². The summed E-state index contributed by atoms with van der Waals surface area (Å²) in [5.74, 6) is 0.384. The fourth-order valence-corrected chi connectivity index (χ4v) is 5.25. The molecular formula is C30H29N3O4S. The summed E-state index contributed by atoms with van der Waals surface area (Å²) in [6.45, 7) is 4.62. The van der Waals surface area contributed by atoms with Crippen molar-refractivity contribution in [3.05, 3.63) is 107 Å². The van der Waals surface area contributed by atoms with Crippen LogP contribution in [0.1, 0.15) is 39.8 Å². The van der Waals surface area contributed by atoms with Crippen molar-refractivity contribution in [2.45, 2.75) is 38.3 Å². The summed E-state index contributed by atoms with van der Waals surface area (Å²) in [5.41, 5.74) is 5.50. The van der Waals surface area contributed by atoms with Crippen molar-refractivity contribution in [3.8, 4) is 11.3 Å². The van der Waals surface area contributed by atoms with E-state index in [1.807, 2.05) is 61.5 Å². The number of sulfone groups is 1. The Morgan fingerprint density at radius 3 is 2.37 bits per heavy atom. The molecule has 0 aliphatic rings. The molecule has 0 unspecified atom stereocenters. The van der Waals surface area contributed by atoms with Crippen molar-refractivity contribution < 1.29 is 17.6 Å². The number of aryl methyl sites for hydroxylation is 2. The van der Waals surface area contributed by atoms with Gasteiger partial charge >= 0.3 is 0 Å². The van der Waals surface area contributed by atoms with Crippen LogP contribution >= 0.6 is 0 Å². The number of fused-ring (bicyclic) bond motifs is 1. The molecule has 1 amide bonds. The second-order valence-corrected chi connectivity index (χ2v) is 11.4. The minimum absolute atomic E-state index is 0.206. The summed E-state index contributed by atoms with van der Waals surface area (Å²) < 4.78 is 32.8. The Balaban J connectivity index is 1.45. The van der Waals surface area contributed by atoms with Gasteiger partial charge in [0.2, 0.25) is 0 Å². The predicted octanol–water partition coefficient (Wildman–Crippen LogP) is 5.55. The third kappa shape index (κ3) is 5.26. The highest BCUT2D eigenvalue weighted by Crippen LogP contribution is 2.32. The maximum absolute atomic E-state index is 12.9. The average molecular weight is 528 g/mol. The summed E-state index contributed by atoms with van der Waals surface area (Å²) in [5, 5.41) is 8.19. The van der Waals surface area contributed by atoms with E-state index in [0.717, 1.165) is 23.2 Å². The van der Waals surface area contributed by atoms with Crippen molar-refractivity contribution in [2.75, 3.05) is 6.26 Å². The Morgan fingerprint density at radius 2 is 1.66 bits per heavy atom. The highest BCUT2D eigenvalue weighted by molar-refractivity contribution is 7.90. The van der Waals surface area contributed by atoms with Crippen LogP contribution in [0.2, 0.25) is 0 Å². The molecule has 194 valence electrons. The van der Waals surface area contributed by atoms with E-state index < -0.39 is 9.84 Å². The van der Waals surface area contributed by atoms with Crippen LogP contribution in [0.15, 0.2) is 88.2 Å². The molecule has 0 bridgehead atoms. The van der Waals surface area contributed by atoms with E-state index in [9.17, 15) is 13.2 Å². The lowest BCUT2D eigenvalue weighted by atomic mass is 10.1. The first-order valence-corrected chi connectivity index (χ1v) is 14.3. The SMILES string of the molecule is CCc1ccccc1CNC(=O)c1cc(C)n(Cc2cc(S(C)(=O)=O)cc3cc(-c4ccccc4)oc23)n1. The first-order valence-electron chi connectivity index (χ1n) is 12.4. The number of benzene rings is 3. The molecule has 0 spiro atoms. The second-order valence-electron chi connectivity index (χ2n) is 9.38. The molecule has 38 heavy (non-hydrogen) atoms. The Hall–Kier alpha value is -4.17. The normalized spacial score (nSPS) is 11.7. The van der Waals surface area contributed by atoms with E-state index in [1.54, 1.807) is 22.9 Å². The maximum atomic E-state index is 12.9. The van der Waals surface area contributed by atoms with Crippen molar-refractivity contribution in [2.24, 2.45) is 0 Å². The molecule has 7 nitrogen and oxygen atoms in total. The average Bonchev–Trinajstić information content (AvgIpc) is 3.51. The summed E-state index contributed by atoms with van der Waals surface area (Å²) >= 11 is 0. The van der Waals surface area contributed by atoms with Crippen LogP contribution in [0, 0.1) is 6.92 Å². The van der Waals surface area contributed by atoms with Gasteiger partial charge in [0, 0.05) is 35.0 Å². The predicted molar refractivity (Wildman–Crippen MR) is 148 cm³/mol. The molecule has 2 heterocycles. The molecule has 2 aromatic heterocycles. The van der Waals surface area contributed by atoms with Crippen LogP contribution in [-0.2, 0) is 29.3 Å². The van der Waals surface area contributed by atoms with Crippen LogP contribution in [0.4, 0.5) is 0 Å². The van der Waals surface area contributed by atoms with Crippen LogP contribution < -0.4 is 5.32 Å². The number of rotatable bonds is 8. The zero-order valence-electron chi connectivity index (χ0n) is 21.6. The molecule has 5 rings (SSSR count). The minimum atomic E-state index is -3.46. The number of nitrogens with one attached hydrogen (secondary N) is 1. The van der Waals surface area contributed by atoms with Gasteiger partial charge in [0.1, 0.15) is 17.0 Å². The molecule has 5 aromatic rings. The van der Waals surface area contributed by atoms with Gasteiger partial charge in [0.15, 0.2) is 9.84 Å². The van der Waals surface area contributed by atoms with Crippen molar-refractivity contribution in [1.29, 1.82) is 0 Å². The number of carbonyl (C=O) groups excluding carboxylic acids is 1. The topological polar surface area (TPSA) is 94.2 Å². The van der Waals surface area contributed by atoms with Gasteiger partial charge in [0.25, 0.3) is 5.91 Å². The Labute approximate surface area is 222 Å². The number of hydrogen-bond donors (Lipinski definition) is 1. The standard InChI is InChI=1S/C30H29N3O4S/c1-4-21-10-8-9-13-23(21)18-31-30(34)27-14-20(2)33(32-27)19-25-16-26(38(3,35)36)15-24-17-28(37-29(24)25)22-11-6-5-7-12-22/h5-17H,4,18-19H2,1-3H3,(H,31,34). The van der Waals surface area contributed by atoms with E-state index >= 15 is 0 Å². The molecule has 0 aliphatic heterocycles. The van der Waals surface area contributed by atoms with E-state index in [2.05, 4.69) is 23.4 Å². The number of hydrogen-bond acceptors (Lipinski definition) is 5. The van der Waals surface area contributed by atoms with Gasteiger partial charge < -0.3 is 9.73 Å². The van der Waals surface area contributed by atoms with Gasteiger partial charge in [-0.25, -0.2) is 8.42 Å². The number of furan rings is 1. The van der Waals surface area contributed by atoms with E-state index in [0.29, 0.717) is 34.5 Å². The first-order chi connectivity index (χ1) is 18.2. The monoisotopic (exact) mass is 527 g/mol. The van der Waals surface area contributed by atoms with E-state index in [-0.39, 0.29) is 17.3 Å². The lowest BCUT2D eigenvalue weighted by molar-refractivity contribution is 0.0945. The number of amides is 1. The number of carbonyl (C=O) groups is 1. The summed E-state index contributed by atoms with van der Waals surface area (Å²) in [7, 11) is -3.46. The molecule has 0 fully saturated rings. The third-order valence-electron chi connectivity index (χ3n) is 6.63. The Kier molecular flexibility index (Phi) is 6.91. The third-order valence-corrected chi connectivity index (χ3v) is 7.72. The Bertz CT molecular complexity index is 1730. The lowest BCUT2D eigenvalue weighted by Crippen LogP contribution is -2.24. The molecular weight excluding hydrogens is 498 g/mol. The molecule has 0 saturated heterocycles. The van der Waals surface area contributed by atoms with Gasteiger partial charge in [-0.1, -0.05) is 61.5 Å². The molecule has 0 radical (unpaired) electrons. The van der Waals surface area contributed by atoms with Crippen molar-refractivity contribution >= 4 is 26.7 Å². The smallest absolute Gasteiger partial charge is 0.272 e. The molecule has 0 atom stereocenters. The van der Waals surface area contributed by atoms with Crippen LogP contribution in [-0.4, -0.2) is 30.4 Å². The van der Waals surface area contributed by atoms with E-state index in [4.69, 9.17) is 4.42 Å². The lowest BCUT2D eigenvalue weighted by Gasteiger charge is -2.09. The quantitative estimate of drug-likeness (QED) is 0.286. The van der Waals surface area contributed by atoms with Gasteiger partial charge in [-0.15, -0.1) is 0 Å². The summed E-state index contributed by atoms with van der Waals surface area (Å²) in [6, 6.07) is 24.5. The molecule has 3 aromatic carbocycles. The minimum Gasteiger partial charge on any atom is -0.456 e. The molecule has 1 N–H and O–H groups in total. The van der Waals surface area contributed by atoms with Crippen molar-refractivity contribution in [1.82, 2.24) is 15.1 Å². The highest BCUT2D eigenvalue weighted by Gasteiger charge is 2.19. The van der Waals surface area contributed by atoms with Crippen LogP contribution in [0.25, 0.3) is 22.3 Å². The second kappa shape index (κ2) is 10.3. The maximum Gasteiger partial charge on any atom is 0.272 e.